The summed E-state index contributed by atoms with van der Waals surface area (Å²) in [4.78, 5) is 18.7. The molecule has 0 amide bonds. The predicted octanol–water partition coefficient (Wildman–Crippen LogP) is 1.71. The van der Waals surface area contributed by atoms with Gasteiger partial charge in [-0.15, -0.1) is 0 Å². The molecule has 7 nitrogen and oxygen atoms in total. The number of nitrogens with one attached hydrogen (secondary N) is 1. The van der Waals surface area contributed by atoms with Crippen LogP contribution in [0.25, 0.3) is 0 Å². The minimum absolute atomic E-state index is 0.0324. The number of methoxy groups -OCH3 is 1. The van der Waals surface area contributed by atoms with Crippen LogP contribution in [-0.2, 0) is 6.42 Å². The quantitative estimate of drug-likeness (QED) is 0.576. The first-order valence-corrected chi connectivity index (χ1v) is 6.93. The van der Waals surface area contributed by atoms with E-state index in [2.05, 4.69) is 22.2 Å². The molecular formula is C13H20N4O3. The van der Waals surface area contributed by atoms with Gasteiger partial charge in [-0.25, -0.2) is 4.98 Å². The summed E-state index contributed by atoms with van der Waals surface area (Å²) in [6.07, 6.45) is 5.26. The number of hydrogen-bond donors (Lipinski definition) is 1. The van der Waals surface area contributed by atoms with Crippen LogP contribution in [-0.4, -0.2) is 34.6 Å². The molecule has 1 atom stereocenters. The van der Waals surface area contributed by atoms with E-state index in [9.17, 15) is 10.1 Å². The van der Waals surface area contributed by atoms with Gasteiger partial charge in [-0.2, -0.15) is 4.98 Å². The lowest BCUT2D eigenvalue weighted by molar-refractivity contribution is -0.387. The van der Waals surface area contributed by atoms with Crippen molar-refractivity contribution in [3.8, 4) is 5.88 Å². The van der Waals surface area contributed by atoms with Crippen molar-refractivity contribution in [2.45, 2.75) is 38.6 Å². The van der Waals surface area contributed by atoms with E-state index in [0.717, 1.165) is 13.0 Å². The maximum atomic E-state index is 11.2. The highest BCUT2D eigenvalue weighted by Crippen LogP contribution is 2.36. The lowest BCUT2D eigenvalue weighted by atomic mass is 10.1. The van der Waals surface area contributed by atoms with Gasteiger partial charge >= 0.3 is 5.69 Å². The average molecular weight is 280 g/mol. The minimum Gasteiger partial charge on any atom is -0.476 e. The summed E-state index contributed by atoms with van der Waals surface area (Å²) in [6.45, 7) is 3.02. The number of aromatic nitrogens is 2. The third-order valence-electron chi connectivity index (χ3n) is 3.50. The van der Waals surface area contributed by atoms with Crippen molar-refractivity contribution in [1.82, 2.24) is 15.3 Å². The molecule has 1 aromatic heterocycles. The average Bonchev–Trinajstić information content (AvgIpc) is 3.27. The van der Waals surface area contributed by atoms with E-state index in [1.165, 1.54) is 26.3 Å². The van der Waals surface area contributed by atoms with Crippen LogP contribution in [0.4, 0.5) is 5.69 Å². The molecule has 0 spiro atoms. The summed E-state index contributed by atoms with van der Waals surface area (Å²) in [5.74, 6) is 0.632. The van der Waals surface area contributed by atoms with E-state index in [4.69, 9.17) is 4.74 Å². The van der Waals surface area contributed by atoms with Crippen LogP contribution in [0.5, 0.6) is 5.88 Å². The molecule has 1 heterocycles. The van der Waals surface area contributed by atoms with E-state index < -0.39 is 4.92 Å². The highest BCUT2D eigenvalue weighted by atomic mass is 16.6. The largest absolute Gasteiger partial charge is 0.476 e. The molecule has 110 valence electrons. The Morgan fingerprint density at radius 1 is 1.55 bits per heavy atom. The molecule has 20 heavy (non-hydrogen) atoms. The summed E-state index contributed by atoms with van der Waals surface area (Å²) in [6, 6.07) is 0.244. The van der Waals surface area contributed by atoms with Crippen molar-refractivity contribution < 1.29 is 9.66 Å². The Hall–Kier alpha value is -1.76. The summed E-state index contributed by atoms with van der Waals surface area (Å²) in [7, 11) is 1.38. The molecule has 0 radical (unpaired) electrons. The monoisotopic (exact) mass is 280 g/mol. The highest BCUT2D eigenvalue weighted by Gasteiger charge is 2.34. The van der Waals surface area contributed by atoms with Gasteiger partial charge in [0.1, 0.15) is 12.0 Å². The maximum absolute atomic E-state index is 11.2. The molecule has 0 aromatic carbocycles. The molecule has 1 unspecified atom stereocenters. The Morgan fingerprint density at radius 2 is 2.30 bits per heavy atom. The second kappa shape index (κ2) is 6.60. The van der Waals surface area contributed by atoms with E-state index in [0.29, 0.717) is 18.0 Å². The van der Waals surface area contributed by atoms with Crippen molar-refractivity contribution in [3.63, 3.8) is 0 Å². The molecule has 1 aromatic rings. The predicted molar refractivity (Wildman–Crippen MR) is 73.7 cm³/mol. The van der Waals surface area contributed by atoms with Gasteiger partial charge in [0.05, 0.1) is 12.0 Å². The topological polar surface area (TPSA) is 90.2 Å². The van der Waals surface area contributed by atoms with Gasteiger partial charge in [-0.05, 0) is 31.7 Å². The first-order valence-electron chi connectivity index (χ1n) is 6.93. The van der Waals surface area contributed by atoms with Crippen molar-refractivity contribution in [1.29, 1.82) is 0 Å². The number of ether oxygens (including phenoxy) is 1. The maximum Gasteiger partial charge on any atom is 0.352 e. The third kappa shape index (κ3) is 3.41. The van der Waals surface area contributed by atoms with E-state index >= 15 is 0 Å². The van der Waals surface area contributed by atoms with Crippen LogP contribution in [0.2, 0.25) is 0 Å². The fourth-order valence-corrected chi connectivity index (χ4v) is 2.32. The number of nitro groups is 1. The Bertz CT molecular complexity index is 477. The smallest absolute Gasteiger partial charge is 0.352 e. The molecule has 0 aliphatic heterocycles. The Labute approximate surface area is 117 Å². The van der Waals surface area contributed by atoms with Crippen molar-refractivity contribution in [2.24, 2.45) is 5.92 Å². The lowest BCUT2D eigenvalue weighted by Gasteiger charge is -2.17. The number of rotatable bonds is 8. The second-order valence-electron chi connectivity index (χ2n) is 5.04. The summed E-state index contributed by atoms with van der Waals surface area (Å²) < 4.78 is 4.97. The van der Waals surface area contributed by atoms with Gasteiger partial charge in [0.2, 0.25) is 0 Å². The van der Waals surface area contributed by atoms with E-state index in [1.54, 1.807) is 0 Å². The van der Waals surface area contributed by atoms with E-state index in [-0.39, 0.29) is 17.6 Å². The van der Waals surface area contributed by atoms with Crippen LogP contribution in [0.15, 0.2) is 6.33 Å². The van der Waals surface area contributed by atoms with Gasteiger partial charge < -0.3 is 10.1 Å². The SMILES string of the molecule is CCCNC(Cc1ncnc(OC)c1[N+](=O)[O-])C1CC1. The van der Waals surface area contributed by atoms with Gasteiger partial charge in [0, 0.05) is 12.5 Å². The first kappa shape index (κ1) is 14.6. The number of hydrogen-bond acceptors (Lipinski definition) is 6. The molecule has 0 bridgehead atoms. The Morgan fingerprint density at radius 3 is 2.85 bits per heavy atom. The zero-order valence-electron chi connectivity index (χ0n) is 11.8. The van der Waals surface area contributed by atoms with Crippen molar-refractivity contribution >= 4 is 5.69 Å². The molecule has 2 rings (SSSR count). The zero-order chi connectivity index (χ0) is 14.5. The Kier molecular flexibility index (Phi) is 4.84. The molecule has 1 aliphatic rings. The van der Waals surface area contributed by atoms with Crippen molar-refractivity contribution in [3.05, 3.63) is 22.1 Å². The van der Waals surface area contributed by atoms with E-state index in [1.807, 2.05) is 0 Å². The van der Waals surface area contributed by atoms with Gasteiger partial charge in [-0.1, -0.05) is 6.92 Å². The van der Waals surface area contributed by atoms with Crippen LogP contribution >= 0.6 is 0 Å². The summed E-state index contributed by atoms with van der Waals surface area (Å²) in [5, 5.41) is 14.7. The second-order valence-corrected chi connectivity index (χ2v) is 5.04. The molecule has 1 aliphatic carbocycles. The summed E-state index contributed by atoms with van der Waals surface area (Å²) in [5.41, 5.74) is 0.335. The van der Waals surface area contributed by atoms with Gasteiger partial charge in [0.25, 0.3) is 5.88 Å². The van der Waals surface area contributed by atoms with Crippen LogP contribution in [0.3, 0.4) is 0 Å². The molecular weight excluding hydrogens is 260 g/mol. The highest BCUT2D eigenvalue weighted by molar-refractivity contribution is 5.45. The standard InChI is InChI=1S/C13H20N4O3/c1-3-6-14-10(9-4-5-9)7-11-12(17(18)19)13(20-2)16-8-15-11/h8-10,14H,3-7H2,1-2H3. The molecule has 1 saturated carbocycles. The Balaban J connectivity index is 2.20. The normalized spacial score (nSPS) is 15.9. The van der Waals surface area contributed by atoms with Crippen LogP contribution in [0, 0.1) is 16.0 Å². The fourth-order valence-electron chi connectivity index (χ4n) is 2.32. The molecule has 0 saturated heterocycles. The zero-order valence-corrected chi connectivity index (χ0v) is 11.8. The van der Waals surface area contributed by atoms with Crippen LogP contribution < -0.4 is 10.1 Å². The molecule has 1 fully saturated rings. The van der Waals surface area contributed by atoms with Gasteiger partial charge in [0.15, 0.2) is 0 Å². The minimum atomic E-state index is -0.460. The van der Waals surface area contributed by atoms with Crippen molar-refractivity contribution in [2.75, 3.05) is 13.7 Å². The summed E-state index contributed by atoms with van der Waals surface area (Å²) >= 11 is 0. The third-order valence-corrected chi connectivity index (χ3v) is 3.50. The van der Waals surface area contributed by atoms with Crippen LogP contribution in [0.1, 0.15) is 31.9 Å². The lowest BCUT2D eigenvalue weighted by Crippen LogP contribution is -2.34. The van der Waals surface area contributed by atoms with Gasteiger partial charge in [-0.3, -0.25) is 10.1 Å². The fraction of sp³-hybridized carbons (Fsp3) is 0.692. The molecule has 7 heteroatoms. The molecule has 1 N–H and O–H groups in total. The first-order chi connectivity index (χ1) is 9.67. The number of nitrogens with zero attached hydrogens (tertiary/aromatic N) is 3.